The van der Waals surface area contributed by atoms with Crippen LogP contribution in [0.2, 0.25) is 0 Å². The molecule has 2 N–H and O–H groups in total. The van der Waals surface area contributed by atoms with E-state index in [2.05, 4.69) is 0 Å². The molecule has 0 bridgehead atoms. The number of benzene rings is 2. The Labute approximate surface area is 109 Å². The van der Waals surface area contributed by atoms with Crippen LogP contribution in [0.15, 0.2) is 36.4 Å². The molecule has 0 aliphatic heterocycles. The van der Waals surface area contributed by atoms with Crippen molar-refractivity contribution in [1.82, 2.24) is 0 Å². The van der Waals surface area contributed by atoms with Gasteiger partial charge in [0.15, 0.2) is 0 Å². The van der Waals surface area contributed by atoms with E-state index >= 15 is 0 Å². The van der Waals surface area contributed by atoms with E-state index in [4.69, 9.17) is 10.2 Å². The quantitative estimate of drug-likeness (QED) is 0.759. The first-order valence-corrected chi connectivity index (χ1v) is 4.58. The number of aromatic carboxylic acids is 2. The third kappa shape index (κ3) is 2.67. The van der Waals surface area contributed by atoms with Gasteiger partial charge < -0.3 is 10.2 Å². The van der Waals surface area contributed by atoms with Gasteiger partial charge in [-0.2, -0.15) is 0 Å². The van der Waals surface area contributed by atoms with E-state index in [-0.39, 0.29) is 30.0 Å². The van der Waals surface area contributed by atoms with Crippen LogP contribution in [0, 0.1) is 0 Å². The van der Waals surface area contributed by atoms with E-state index < -0.39 is 11.9 Å². The van der Waals surface area contributed by atoms with Gasteiger partial charge in [-0.05, 0) is 35.0 Å². The summed E-state index contributed by atoms with van der Waals surface area (Å²) in [7, 11) is 0. The summed E-state index contributed by atoms with van der Waals surface area (Å²) in [6.45, 7) is 0. The van der Waals surface area contributed by atoms with Gasteiger partial charge in [-0.15, -0.1) is 0 Å². The minimum absolute atomic E-state index is 0. The van der Waals surface area contributed by atoms with Crippen molar-refractivity contribution in [2.75, 3.05) is 0 Å². The average Bonchev–Trinajstić information content (AvgIpc) is 2.27. The van der Waals surface area contributed by atoms with Crippen molar-refractivity contribution in [3.8, 4) is 0 Å². The summed E-state index contributed by atoms with van der Waals surface area (Å²) in [5.41, 5.74) is 0.381. The number of carboxylic acid groups (broad SMARTS) is 2. The zero-order chi connectivity index (χ0) is 11.7. The summed E-state index contributed by atoms with van der Waals surface area (Å²) in [5, 5.41) is 19.0. The number of rotatable bonds is 2. The summed E-state index contributed by atoms with van der Waals surface area (Å²) in [4.78, 5) is 21.5. The first-order chi connectivity index (χ1) is 7.58. The van der Waals surface area contributed by atoms with Crippen LogP contribution in [0.1, 0.15) is 20.7 Å². The Morgan fingerprint density at radius 2 is 1.12 bits per heavy atom. The van der Waals surface area contributed by atoms with Crippen LogP contribution in [0.5, 0.6) is 0 Å². The SMILES string of the molecule is O=C(O)c1ccc2cc(C(=O)O)ccc2c1.[LiH]. The average molecular weight is 224 g/mol. The van der Waals surface area contributed by atoms with Crippen molar-refractivity contribution in [2.24, 2.45) is 0 Å². The Morgan fingerprint density at radius 3 is 1.41 bits per heavy atom. The Balaban J connectivity index is 0.00000144. The molecule has 82 valence electrons. The Kier molecular flexibility index (Phi) is 3.95. The molecule has 0 atom stereocenters. The number of fused-ring (bicyclic) bond motifs is 1. The third-order valence-electron chi connectivity index (χ3n) is 2.33. The molecule has 0 aliphatic rings. The fraction of sp³-hybridized carbons (Fsp3) is 0. The van der Waals surface area contributed by atoms with Gasteiger partial charge in [0, 0.05) is 0 Å². The molecular weight excluding hydrogens is 215 g/mol. The monoisotopic (exact) mass is 224 g/mol. The summed E-state index contributed by atoms with van der Waals surface area (Å²) in [6.07, 6.45) is 0. The second-order valence-electron chi connectivity index (χ2n) is 3.39. The van der Waals surface area contributed by atoms with Gasteiger partial charge >= 0.3 is 30.8 Å². The van der Waals surface area contributed by atoms with Crippen LogP contribution in [0.25, 0.3) is 10.8 Å². The fourth-order valence-corrected chi connectivity index (χ4v) is 1.51. The summed E-state index contributed by atoms with van der Waals surface area (Å²) >= 11 is 0. The number of hydrogen-bond donors (Lipinski definition) is 2. The van der Waals surface area contributed by atoms with Crippen molar-refractivity contribution in [3.05, 3.63) is 47.5 Å². The zero-order valence-electron chi connectivity index (χ0n) is 8.18. The predicted molar refractivity (Wildman–Crippen MR) is 65.0 cm³/mol. The van der Waals surface area contributed by atoms with Crippen LogP contribution in [-0.2, 0) is 0 Å². The molecule has 0 unspecified atom stereocenters. The van der Waals surface area contributed by atoms with E-state index in [0.717, 1.165) is 0 Å². The van der Waals surface area contributed by atoms with Crippen LogP contribution in [-0.4, -0.2) is 41.0 Å². The maximum absolute atomic E-state index is 10.7. The first-order valence-electron chi connectivity index (χ1n) is 4.58. The molecular formula is C12H9LiO4. The molecule has 2 aromatic rings. The zero-order valence-corrected chi connectivity index (χ0v) is 8.18. The van der Waals surface area contributed by atoms with Crippen LogP contribution in [0.4, 0.5) is 0 Å². The summed E-state index contributed by atoms with van der Waals surface area (Å²) in [6, 6.07) is 9.15. The Morgan fingerprint density at radius 1 is 0.765 bits per heavy atom. The number of carbonyl (C=O) groups is 2. The molecule has 17 heavy (non-hydrogen) atoms. The van der Waals surface area contributed by atoms with Gasteiger partial charge in [0.2, 0.25) is 0 Å². The summed E-state index contributed by atoms with van der Waals surface area (Å²) < 4.78 is 0. The van der Waals surface area contributed by atoms with Gasteiger partial charge in [-0.25, -0.2) is 9.59 Å². The Hall–Kier alpha value is -1.76. The number of carboxylic acids is 2. The maximum atomic E-state index is 10.7. The molecule has 0 aromatic heterocycles. The van der Waals surface area contributed by atoms with Gasteiger partial charge in [-0.3, -0.25) is 0 Å². The molecule has 0 saturated heterocycles. The molecule has 4 nitrogen and oxygen atoms in total. The molecule has 0 fully saturated rings. The fourth-order valence-electron chi connectivity index (χ4n) is 1.51. The molecule has 2 rings (SSSR count). The number of hydrogen-bond acceptors (Lipinski definition) is 2. The van der Waals surface area contributed by atoms with Gasteiger partial charge in [0.25, 0.3) is 0 Å². The van der Waals surface area contributed by atoms with Gasteiger partial charge in [0.05, 0.1) is 11.1 Å². The molecule has 0 amide bonds. The summed E-state index contributed by atoms with van der Waals surface area (Å²) in [5.74, 6) is -1.99. The van der Waals surface area contributed by atoms with E-state index in [1.54, 1.807) is 12.1 Å². The molecule has 0 spiro atoms. The second-order valence-corrected chi connectivity index (χ2v) is 3.39. The predicted octanol–water partition coefficient (Wildman–Crippen LogP) is 1.59. The standard InChI is InChI=1S/C12H8O4.Li.H/c13-11(14)9-3-1-7-5-10(12(15)16)4-2-8(7)6-9;;/h1-6H,(H,13,14)(H,15,16);;. The van der Waals surface area contributed by atoms with Crippen LogP contribution >= 0.6 is 0 Å². The van der Waals surface area contributed by atoms with E-state index in [1.807, 2.05) is 0 Å². The van der Waals surface area contributed by atoms with Gasteiger partial charge in [-0.1, -0.05) is 12.1 Å². The van der Waals surface area contributed by atoms with Crippen LogP contribution in [0.3, 0.4) is 0 Å². The Bertz CT molecular complexity index is 539. The molecule has 0 radical (unpaired) electrons. The first kappa shape index (κ1) is 13.3. The van der Waals surface area contributed by atoms with Crippen molar-refractivity contribution in [2.45, 2.75) is 0 Å². The van der Waals surface area contributed by atoms with E-state index in [1.165, 1.54) is 24.3 Å². The third-order valence-corrected chi connectivity index (χ3v) is 2.33. The van der Waals surface area contributed by atoms with E-state index in [9.17, 15) is 9.59 Å². The van der Waals surface area contributed by atoms with Crippen molar-refractivity contribution >= 4 is 41.6 Å². The van der Waals surface area contributed by atoms with E-state index in [0.29, 0.717) is 10.8 Å². The van der Waals surface area contributed by atoms with Crippen LogP contribution < -0.4 is 0 Å². The van der Waals surface area contributed by atoms with Crippen molar-refractivity contribution < 1.29 is 19.8 Å². The topological polar surface area (TPSA) is 74.6 Å². The minimum atomic E-state index is -0.996. The molecule has 0 aliphatic carbocycles. The molecule has 0 saturated carbocycles. The van der Waals surface area contributed by atoms with Crippen molar-refractivity contribution in [3.63, 3.8) is 0 Å². The van der Waals surface area contributed by atoms with Crippen molar-refractivity contribution in [1.29, 1.82) is 0 Å². The second kappa shape index (κ2) is 5.05. The normalized spacial score (nSPS) is 9.65. The molecule has 0 heterocycles. The molecule has 2 aromatic carbocycles. The molecule has 5 heteroatoms. The van der Waals surface area contributed by atoms with Gasteiger partial charge in [0.1, 0.15) is 0 Å².